The molecule has 0 amide bonds. The number of piperidine rings is 1. The van der Waals surface area contributed by atoms with E-state index in [2.05, 4.69) is 23.9 Å². The molecule has 0 aliphatic carbocycles. The van der Waals surface area contributed by atoms with Gasteiger partial charge < -0.3 is 20.6 Å². The Morgan fingerprint density at radius 3 is 2.56 bits per heavy atom. The van der Waals surface area contributed by atoms with Gasteiger partial charge in [0.1, 0.15) is 5.54 Å². The number of rotatable bonds is 6. The fourth-order valence-electron chi connectivity index (χ4n) is 2.42. The minimum atomic E-state index is -1.09. The quantitative estimate of drug-likeness (QED) is 0.729. The Hall–Kier alpha value is -0.650. The molecule has 0 radical (unpaired) electrons. The maximum absolute atomic E-state index is 10.9. The average Bonchev–Trinajstić information content (AvgIpc) is 2.29. The van der Waals surface area contributed by atoms with E-state index in [0.717, 1.165) is 26.1 Å². The predicted octanol–water partition coefficient (Wildman–Crippen LogP) is 0.595. The third kappa shape index (κ3) is 4.55. The Balaban J connectivity index is 2.25. The number of carbonyl (C=O) groups is 1. The first-order chi connectivity index (χ1) is 8.33. The molecule has 1 aliphatic rings. The van der Waals surface area contributed by atoms with Crippen LogP contribution in [0.4, 0.5) is 0 Å². The molecular weight excluding hydrogens is 230 g/mol. The number of hydrogen-bond donors (Lipinski definition) is 2. The number of carboxylic acid groups (broad SMARTS) is 1. The fourth-order valence-corrected chi connectivity index (χ4v) is 2.42. The van der Waals surface area contributed by atoms with E-state index in [4.69, 9.17) is 10.8 Å². The van der Waals surface area contributed by atoms with Crippen LogP contribution in [0.25, 0.3) is 0 Å². The third-order valence-corrected chi connectivity index (χ3v) is 4.01. The molecule has 1 aliphatic heterocycles. The van der Waals surface area contributed by atoms with Crippen LogP contribution in [0.3, 0.4) is 0 Å². The van der Waals surface area contributed by atoms with Crippen molar-refractivity contribution in [1.29, 1.82) is 0 Å². The van der Waals surface area contributed by atoms with Crippen LogP contribution in [0.5, 0.6) is 0 Å². The summed E-state index contributed by atoms with van der Waals surface area (Å²) in [6, 6.07) is 0.634. The van der Waals surface area contributed by atoms with Crippen molar-refractivity contribution in [1.82, 2.24) is 9.80 Å². The SMILES string of the molecule is CN1CCC(N(C)CCCC(C)(N)C(=O)O)CC1. The van der Waals surface area contributed by atoms with Crippen molar-refractivity contribution in [2.75, 3.05) is 33.7 Å². The number of hydrogen-bond acceptors (Lipinski definition) is 4. The number of nitrogens with zero attached hydrogens (tertiary/aromatic N) is 2. The molecule has 3 N–H and O–H groups in total. The molecule has 0 aromatic heterocycles. The fraction of sp³-hybridized carbons (Fsp3) is 0.923. The molecule has 0 saturated carbocycles. The van der Waals surface area contributed by atoms with Crippen LogP contribution in [0.15, 0.2) is 0 Å². The molecule has 1 heterocycles. The van der Waals surface area contributed by atoms with Gasteiger partial charge in [-0.15, -0.1) is 0 Å². The summed E-state index contributed by atoms with van der Waals surface area (Å²) in [7, 11) is 4.29. The Morgan fingerprint density at radius 1 is 1.50 bits per heavy atom. The van der Waals surface area contributed by atoms with Gasteiger partial charge in [0.25, 0.3) is 0 Å². The van der Waals surface area contributed by atoms with Crippen molar-refractivity contribution < 1.29 is 9.90 Å². The molecular formula is C13H27N3O2. The van der Waals surface area contributed by atoms with E-state index in [9.17, 15) is 4.79 Å². The summed E-state index contributed by atoms with van der Waals surface area (Å²) in [5, 5.41) is 8.94. The van der Waals surface area contributed by atoms with Gasteiger partial charge in [0.15, 0.2) is 0 Å². The molecule has 18 heavy (non-hydrogen) atoms. The molecule has 1 saturated heterocycles. The molecule has 5 heteroatoms. The summed E-state index contributed by atoms with van der Waals surface area (Å²) in [4.78, 5) is 15.6. The second-order valence-electron chi connectivity index (χ2n) is 5.84. The van der Waals surface area contributed by atoms with Gasteiger partial charge in [0, 0.05) is 6.04 Å². The zero-order valence-corrected chi connectivity index (χ0v) is 11.9. The van der Waals surface area contributed by atoms with Crippen LogP contribution >= 0.6 is 0 Å². The van der Waals surface area contributed by atoms with E-state index in [1.165, 1.54) is 12.8 Å². The highest BCUT2D eigenvalue weighted by Gasteiger charge is 2.27. The average molecular weight is 257 g/mol. The van der Waals surface area contributed by atoms with Gasteiger partial charge in [-0.2, -0.15) is 0 Å². The van der Waals surface area contributed by atoms with Crippen LogP contribution in [0.2, 0.25) is 0 Å². The summed E-state index contributed by atoms with van der Waals surface area (Å²) in [6.07, 6.45) is 3.76. The van der Waals surface area contributed by atoms with Gasteiger partial charge >= 0.3 is 5.97 Å². The van der Waals surface area contributed by atoms with Gasteiger partial charge in [0.2, 0.25) is 0 Å². The van der Waals surface area contributed by atoms with Crippen molar-refractivity contribution in [3.63, 3.8) is 0 Å². The van der Waals surface area contributed by atoms with Gasteiger partial charge in [-0.1, -0.05) is 0 Å². The van der Waals surface area contributed by atoms with E-state index in [0.29, 0.717) is 12.5 Å². The highest BCUT2D eigenvalue weighted by Crippen LogP contribution is 2.16. The molecule has 0 aromatic rings. The zero-order chi connectivity index (χ0) is 13.8. The maximum Gasteiger partial charge on any atom is 0.323 e. The molecule has 0 spiro atoms. The number of carboxylic acids is 1. The largest absolute Gasteiger partial charge is 0.480 e. The first kappa shape index (κ1) is 15.4. The van der Waals surface area contributed by atoms with Crippen LogP contribution in [-0.2, 0) is 4.79 Å². The second kappa shape index (κ2) is 6.50. The molecule has 1 fully saturated rings. The summed E-state index contributed by atoms with van der Waals surface area (Å²) in [6.45, 7) is 4.82. The molecule has 0 bridgehead atoms. The summed E-state index contributed by atoms with van der Waals surface area (Å²) in [5.74, 6) is -0.913. The Labute approximate surface area is 110 Å². The zero-order valence-electron chi connectivity index (χ0n) is 11.9. The smallest absolute Gasteiger partial charge is 0.323 e. The topological polar surface area (TPSA) is 69.8 Å². The number of likely N-dealkylation sites (tertiary alicyclic amines) is 1. The molecule has 106 valence electrons. The summed E-state index contributed by atoms with van der Waals surface area (Å²) in [5.41, 5.74) is 4.63. The minimum Gasteiger partial charge on any atom is -0.480 e. The maximum atomic E-state index is 10.9. The van der Waals surface area contributed by atoms with Crippen molar-refractivity contribution in [2.45, 2.75) is 44.2 Å². The van der Waals surface area contributed by atoms with Crippen molar-refractivity contribution in [3.8, 4) is 0 Å². The minimum absolute atomic E-state index is 0.527. The Morgan fingerprint density at radius 2 is 2.06 bits per heavy atom. The van der Waals surface area contributed by atoms with E-state index < -0.39 is 11.5 Å². The first-order valence-electron chi connectivity index (χ1n) is 6.74. The van der Waals surface area contributed by atoms with Crippen LogP contribution in [0.1, 0.15) is 32.6 Å². The van der Waals surface area contributed by atoms with E-state index in [-0.39, 0.29) is 0 Å². The highest BCUT2D eigenvalue weighted by atomic mass is 16.4. The molecule has 0 aromatic carbocycles. The molecule has 1 unspecified atom stereocenters. The van der Waals surface area contributed by atoms with Gasteiger partial charge in [-0.3, -0.25) is 4.79 Å². The van der Waals surface area contributed by atoms with Crippen molar-refractivity contribution in [3.05, 3.63) is 0 Å². The highest BCUT2D eigenvalue weighted by molar-refractivity contribution is 5.77. The lowest BCUT2D eigenvalue weighted by Crippen LogP contribution is -2.46. The van der Waals surface area contributed by atoms with Crippen molar-refractivity contribution >= 4 is 5.97 Å². The monoisotopic (exact) mass is 257 g/mol. The Kier molecular flexibility index (Phi) is 5.56. The normalized spacial score (nSPS) is 22.1. The number of nitrogens with two attached hydrogens (primary N) is 1. The van der Waals surface area contributed by atoms with E-state index in [1.807, 2.05) is 0 Å². The summed E-state index contributed by atoms with van der Waals surface area (Å²) >= 11 is 0. The van der Waals surface area contributed by atoms with E-state index in [1.54, 1.807) is 6.92 Å². The van der Waals surface area contributed by atoms with Gasteiger partial charge in [-0.05, 0) is 66.3 Å². The van der Waals surface area contributed by atoms with Gasteiger partial charge in [0.05, 0.1) is 0 Å². The lowest BCUT2D eigenvalue weighted by Gasteiger charge is -2.35. The predicted molar refractivity (Wildman–Crippen MR) is 72.6 cm³/mol. The van der Waals surface area contributed by atoms with E-state index >= 15 is 0 Å². The first-order valence-corrected chi connectivity index (χ1v) is 6.74. The summed E-state index contributed by atoms with van der Waals surface area (Å²) < 4.78 is 0. The second-order valence-corrected chi connectivity index (χ2v) is 5.84. The van der Waals surface area contributed by atoms with Gasteiger partial charge in [-0.25, -0.2) is 0 Å². The number of aliphatic carboxylic acids is 1. The lowest BCUT2D eigenvalue weighted by molar-refractivity contribution is -0.142. The standard InChI is InChI=1S/C13H27N3O2/c1-13(14,12(17)18)7-4-8-16(3)11-5-9-15(2)10-6-11/h11H,4-10,14H2,1-3H3,(H,17,18). The molecule has 1 rings (SSSR count). The molecule has 5 nitrogen and oxygen atoms in total. The van der Waals surface area contributed by atoms with Crippen LogP contribution in [-0.4, -0.2) is 66.2 Å². The third-order valence-electron chi connectivity index (χ3n) is 4.01. The lowest BCUT2D eigenvalue weighted by atomic mass is 9.97. The van der Waals surface area contributed by atoms with Crippen molar-refractivity contribution in [2.24, 2.45) is 5.73 Å². The Bertz CT molecular complexity index is 273. The van der Waals surface area contributed by atoms with Crippen LogP contribution in [0, 0.1) is 0 Å². The van der Waals surface area contributed by atoms with Crippen LogP contribution < -0.4 is 5.73 Å². The molecule has 1 atom stereocenters.